The first kappa shape index (κ1) is 13.5. The minimum Gasteiger partial charge on any atom is -0.481 e. The van der Waals surface area contributed by atoms with Crippen molar-refractivity contribution in [1.29, 1.82) is 5.26 Å². The lowest BCUT2D eigenvalue weighted by Crippen LogP contribution is -2.40. The van der Waals surface area contributed by atoms with Gasteiger partial charge in [0.25, 0.3) is 0 Å². The van der Waals surface area contributed by atoms with Gasteiger partial charge in [-0.1, -0.05) is 0 Å². The Balaban J connectivity index is 2.31. The lowest BCUT2D eigenvalue weighted by atomic mass is 10.1. The number of likely N-dealkylation sites (tertiary alicyclic amines) is 1. The Kier molecular flexibility index (Phi) is 5.43. The van der Waals surface area contributed by atoms with Gasteiger partial charge in [0.15, 0.2) is 0 Å². The summed E-state index contributed by atoms with van der Waals surface area (Å²) in [6.07, 6.45) is 2.15. The van der Waals surface area contributed by atoms with E-state index >= 15 is 0 Å². The molecular formula is C11H17N3O3. The normalized spacial score (nSPS) is 19.8. The van der Waals surface area contributed by atoms with Crippen molar-refractivity contribution >= 4 is 11.9 Å². The Hall–Kier alpha value is -1.61. The van der Waals surface area contributed by atoms with Gasteiger partial charge in [-0.3, -0.25) is 14.5 Å². The molecule has 94 valence electrons. The molecule has 1 rings (SSSR count). The lowest BCUT2D eigenvalue weighted by molar-refractivity contribution is -0.138. The van der Waals surface area contributed by atoms with Crippen molar-refractivity contribution in [1.82, 2.24) is 10.2 Å². The van der Waals surface area contributed by atoms with Gasteiger partial charge in [-0.2, -0.15) is 5.26 Å². The Labute approximate surface area is 100 Å². The molecule has 1 atom stereocenters. The average Bonchev–Trinajstić information content (AvgIpc) is 2.65. The molecule has 1 amide bonds. The van der Waals surface area contributed by atoms with Crippen molar-refractivity contribution in [3.8, 4) is 6.07 Å². The molecule has 6 nitrogen and oxygen atoms in total. The van der Waals surface area contributed by atoms with Crippen LogP contribution in [0.15, 0.2) is 0 Å². The molecule has 1 aliphatic heterocycles. The highest BCUT2D eigenvalue weighted by Crippen LogP contribution is 2.19. The van der Waals surface area contributed by atoms with Crippen LogP contribution in [0.4, 0.5) is 0 Å². The fourth-order valence-electron chi connectivity index (χ4n) is 2.03. The predicted molar refractivity (Wildman–Crippen MR) is 60.1 cm³/mol. The van der Waals surface area contributed by atoms with E-state index in [2.05, 4.69) is 5.32 Å². The zero-order valence-electron chi connectivity index (χ0n) is 9.69. The Bertz CT molecular complexity index is 324. The number of aliphatic carboxylic acids is 1. The Morgan fingerprint density at radius 3 is 2.94 bits per heavy atom. The summed E-state index contributed by atoms with van der Waals surface area (Å²) in [4.78, 5) is 24.0. The van der Waals surface area contributed by atoms with Crippen LogP contribution in [0.5, 0.6) is 0 Å². The Morgan fingerprint density at radius 2 is 2.29 bits per heavy atom. The quantitative estimate of drug-likeness (QED) is 0.634. The number of hydrogen-bond donors (Lipinski definition) is 2. The van der Waals surface area contributed by atoms with E-state index in [9.17, 15) is 9.59 Å². The second kappa shape index (κ2) is 6.86. The van der Waals surface area contributed by atoms with Crippen molar-refractivity contribution in [3.63, 3.8) is 0 Å². The van der Waals surface area contributed by atoms with Crippen molar-refractivity contribution in [2.24, 2.45) is 0 Å². The lowest BCUT2D eigenvalue weighted by Gasteiger charge is -2.22. The third-order valence-corrected chi connectivity index (χ3v) is 2.81. The van der Waals surface area contributed by atoms with E-state index in [0.717, 1.165) is 19.4 Å². The predicted octanol–water partition coefficient (Wildman–Crippen LogP) is -0.0446. The van der Waals surface area contributed by atoms with Gasteiger partial charge in [0.1, 0.15) is 0 Å². The van der Waals surface area contributed by atoms with Crippen LogP contribution < -0.4 is 5.32 Å². The second-order valence-corrected chi connectivity index (χ2v) is 4.12. The molecule has 1 aliphatic rings. The maximum Gasteiger partial charge on any atom is 0.304 e. The summed E-state index contributed by atoms with van der Waals surface area (Å²) >= 11 is 0. The summed E-state index contributed by atoms with van der Waals surface area (Å²) in [5.74, 6) is -0.968. The maximum atomic E-state index is 11.5. The monoisotopic (exact) mass is 239 g/mol. The number of rotatable bonds is 6. The molecule has 0 aliphatic carbocycles. The van der Waals surface area contributed by atoms with Crippen LogP contribution in [0.1, 0.15) is 25.7 Å². The van der Waals surface area contributed by atoms with Gasteiger partial charge in [0.2, 0.25) is 5.91 Å². The number of nitrogens with one attached hydrogen (secondary N) is 1. The molecule has 1 heterocycles. The first-order valence-corrected chi connectivity index (χ1v) is 5.73. The summed E-state index contributed by atoms with van der Waals surface area (Å²) in [6.45, 7) is 1.35. The highest BCUT2D eigenvalue weighted by molar-refractivity contribution is 5.78. The summed E-state index contributed by atoms with van der Waals surface area (Å²) < 4.78 is 0. The number of carbonyl (C=O) groups excluding carboxylic acids is 1. The zero-order chi connectivity index (χ0) is 12.7. The molecule has 1 saturated heterocycles. The third-order valence-electron chi connectivity index (χ3n) is 2.81. The van der Waals surface area contributed by atoms with Gasteiger partial charge < -0.3 is 10.4 Å². The Morgan fingerprint density at radius 1 is 1.53 bits per heavy atom. The molecule has 0 saturated carbocycles. The fourth-order valence-corrected chi connectivity index (χ4v) is 2.03. The van der Waals surface area contributed by atoms with Crippen LogP contribution in [0.2, 0.25) is 0 Å². The van der Waals surface area contributed by atoms with Crippen molar-refractivity contribution in [2.75, 3.05) is 19.6 Å². The van der Waals surface area contributed by atoms with E-state index in [4.69, 9.17) is 10.4 Å². The van der Waals surface area contributed by atoms with Gasteiger partial charge >= 0.3 is 5.97 Å². The summed E-state index contributed by atoms with van der Waals surface area (Å²) in [5.41, 5.74) is 0. The van der Waals surface area contributed by atoms with E-state index in [0.29, 0.717) is 13.0 Å². The topological polar surface area (TPSA) is 93.4 Å². The van der Waals surface area contributed by atoms with Crippen LogP contribution in [-0.4, -0.2) is 47.6 Å². The van der Waals surface area contributed by atoms with Crippen LogP contribution in [0.3, 0.4) is 0 Å². The van der Waals surface area contributed by atoms with Gasteiger partial charge in [-0.25, -0.2) is 0 Å². The molecule has 0 aromatic rings. The molecule has 1 fully saturated rings. The zero-order valence-corrected chi connectivity index (χ0v) is 9.69. The number of carboxylic acids is 1. The molecule has 2 N–H and O–H groups in total. The number of hydrogen-bond acceptors (Lipinski definition) is 4. The van der Waals surface area contributed by atoms with E-state index in [1.807, 2.05) is 11.0 Å². The summed E-state index contributed by atoms with van der Waals surface area (Å²) in [5, 5.41) is 19.7. The molecule has 0 spiro atoms. The van der Waals surface area contributed by atoms with Crippen LogP contribution in [-0.2, 0) is 9.59 Å². The van der Waals surface area contributed by atoms with Crippen molar-refractivity contribution in [3.05, 3.63) is 0 Å². The molecule has 17 heavy (non-hydrogen) atoms. The van der Waals surface area contributed by atoms with E-state index < -0.39 is 5.97 Å². The fraction of sp³-hybridized carbons (Fsp3) is 0.727. The van der Waals surface area contributed by atoms with Gasteiger partial charge in [0.05, 0.1) is 25.5 Å². The largest absolute Gasteiger partial charge is 0.481 e. The SMILES string of the molecule is N#CCCNC(=O)CN1CCCC1CC(=O)O. The van der Waals surface area contributed by atoms with Crippen molar-refractivity contribution < 1.29 is 14.7 Å². The van der Waals surface area contributed by atoms with E-state index in [-0.39, 0.29) is 24.9 Å². The maximum absolute atomic E-state index is 11.5. The van der Waals surface area contributed by atoms with Crippen LogP contribution in [0.25, 0.3) is 0 Å². The number of nitriles is 1. The minimum atomic E-state index is -0.827. The first-order valence-electron chi connectivity index (χ1n) is 5.73. The minimum absolute atomic E-state index is 0.0331. The van der Waals surface area contributed by atoms with E-state index in [1.165, 1.54) is 0 Å². The molecule has 0 aromatic heterocycles. The molecule has 1 unspecified atom stereocenters. The third kappa shape index (κ3) is 4.83. The number of carbonyl (C=O) groups is 2. The molecule has 6 heteroatoms. The number of carboxylic acid groups (broad SMARTS) is 1. The molecule has 0 bridgehead atoms. The molecule has 0 aromatic carbocycles. The standard InChI is InChI=1S/C11H17N3O3/c12-4-2-5-13-10(15)8-14-6-1-3-9(14)7-11(16)17/h9H,1-3,5-8H2,(H,13,15)(H,16,17). The summed E-state index contributed by atoms with van der Waals surface area (Å²) in [6, 6.07) is 1.91. The van der Waals surface area contributed by atoms with Gasteiger partial charge in [-0.15, -0.1) is 0 Å². The number of nitrogens with zero attached hydrogens (tertiary/aromatic N) is 2. The number of amides is 1. The molecular weight excluding hydrogens is 222 g/mol. The highest BCUT2D eigenvalue weighted by atomic mass is 16.4. The van der Waals surface area contributed by atoms with E-state index in [1.54, 1.807) is 0 Å². The van der Waals surface area contributed by atoms with Crippen molar-refractivity contribution in [2.45, 2.75) is 31.7 Å². The smallest absolute Gasteiger partial charge is 0.304 e. The molecule has 0 radical (unpaired) electrons. The van der Waals surface area contributed by atoms with Gasteiger partial charge in [0, 0.05) is 12.6 Å². The van der Waals surface area contributed by atoms with Crippen LogP contribution in [0, 0.1) is 11.3 Å². The first-order chi connectivity index (χ1) is 8.13. The van der Waals surface area contributed by atoms with Gasteiger partial charge in [-0.05, 0) is 19.4 Å². The average molecular weight is 239 g/mol. The highest BCUT2D eigenvalue weighted by Gasteiger charge is 2.27. The van der Waals surface area contributed by atoms with Crippen LogP contribution >= 0.6 is 0 Å². The summed E-state index contributed by atoms with van der Waals surface area (Å²) in [7, 11) is 0. The second-order valence-electron chi connectivity index (χ2n) is 4.12.